The molecule has 0 aliphatic carbocycles. The van der Waals surface area contributed by atoms with E-state index in [0.717, 1.165) is 0 Å². The summed E-state index contributed by atoms with van der Waals surface area (Å²) < 4.78 is 10.1. The minimum Gasteiger partial charge on any atom is -0.481 e. The summed E-state index contributed by atoms with van der Waals surface area (Å²) >= 11 is 0. The highest BCUT2D eigenvalue weighted by molar-refractivity contribution is 5.93. The van der Waals surface area contributed by atoms with Crippen molar-refractivity contribution in [3.8, 4) is 5.88 Å². The number of hydrogen-bond acceptors (Lipinski definition) is 5. The second-order valence-corrected chi connectivity index (χ2v) is 5.14. The molecule has 0 radical (unpaired) electrons. The smallest absolute Gasteiger partial charge is 0.309 e. The van der Waals surface area contributed by atoms with Crippen molar-refractivity contribution in [3.63, 3.8) is 0 Å². The molecule has 1 aromatic rings. The molecule has 0 fully saturated rings. The average molecular weight is 296 g/mol. The first-order valence-corrected chi connectivity index (χ1v) is 6.46. The van der Waals surface area contributed by atoms with Crippen LogP contribution in [0.15, 0.2) is 18.3 Å². The summed E-state index contributed by atoms with van der Waals surface area (Å²) in [7, 11) is 1.58. The molecular formula is C14H20N2O5. The molecule has 0 spiro atoms. The lowest BCUT2D eigenvalue weighted by Gasteiger charge is -2.18. The van der Waals surface area contributed by atoms with E-state index in [1.807, 2.05) is 0 Å². The van der Waals surface area contributed by atoms with Crippen LogP contribution < -0.4 is 10.1 Å². The van der Waals surface area contributed by atoms with Crippen molar-refractivity contribution < 1.29 is 24.2 Å². The number of hydrogen-bond donors (Lipinski definition) is 2. The molecule has 0 atom stereocenters. The van der Waals surface area contributed by atoms with E-state index in [9.17, 15) is 9.59 Å². The number of carbonyl (C=O) groups is 2. The van der Waals surface area contributed by atoms with Gasteiger partial charge in [-0.3, -0.25) is 9.59 Å². The third-order valence-corrected chi connectivity index (χ3v) is 2.74. The minimum absolute atomic E-state index is 0.117. The Morgan fingerprint density at radius 2 is 2.05 bits per heavy atom. The minimum atomic E-state index is -1.11. The van der Waals surface area contributed by atoms with E-state index in [1.165, 1.54) is 20.0 Å². The number of methoxy groups -OCH3 is 1. The molecule has 0 aromatic carbocycles. The fraction of sp³-hybridized carbons (Fsp3) is 0.500. The van der Waals surface area contributed by atoms with Crippen molar-refractivity contribution in [3.05, 3.63) is 18.3 Å². The fourth-order valence-corrected chi connectivity index (χ4v) is 1.45. The highest BCUT2D eigenvalue weighted by Crippen LogP contribution is 2.21. The number of pyridine rings is 1. The molecule has 116 valence electrons. The summed E-state index contributed by atoms with van der Waals surface area (Å²) in [4.78, 5) is 26.8. The molecule has 7 heteroatoms. The van der Waals surface area contributed by atoms with Crippen LogP contribution in [-0.4, -0.2) is 42.3 Å². The number of carboxylic acids is 1. The van der Waals surface area contributed by atoms with E-state index in [4.69, 9.17) is 14.6 Å². The molecule has 0 saturated heterocycles. The number of aromatic nitrogens is 1. The topological polar surface area (TPSA) is 97.8 Å². The third-order valence-electron chi connectivity index (χ3n) is 2.74. The van der Waals surface area contributed by atoms with E-state index in [-0.39, 0.29) is 12.3 Å². The molecular weight excluding hydrogens is 276 g/mol. The number of carbonyl (C=O) groups excluding carboxylic acids is 1. The van der Waals surface area contributed by atoms with Gasteiger partial charge in [0.2, 0.25) is 11.8 Å². The van der Waals surface area contributed by atoms with Gasteiger partial charge in [-0.1, -0.05) is 0 Å². The van der Waals surface area contributed by atoms with Crippen molar-refractivity contribution in [1.82, 2.24) is 4.98 Å². The lowest BCUT2D eigenvalue weighted by molar-refractivity contribution is -0.148. The molecule has 0 aliphatic rings. The molecule has 1 aromatic heterocycles. The van der Waals surface area contributed by atoms with Crippen LogP contribution in [0.25, 0.3) is 0 Å². The highest BCUT2D eigenvalue weighted by atomic mass is 16.5. The predicted octanol–water partition coefficient (Wildman–Crippen LogP) is 1.55. The quantitative estimate of drug-likeness (QED) is 0.706. The normalized spacial score (nSPS) is 11.0. The summed E-state index contributed by atoms with van der Waals surface area (Å²) in [6, 6.07) is 3.26. The number of ether oxygens (including phenoxy) is 2. The maximum Gasteiger partial charge on any atom is 0.309 e. The zero-order valence-electron chi connectivity index (χ0n) is 12.4. The Kier molecular flexibility index (Phi) is 6.10. The molecule has 1 heterocycles. The lowest BCUT2D eigenvalue weighted by atomic mass is 9.89. The van der Waals surface area contributed by atoms with Crippen LogP contribution in [0.2, 0.25) is 0 Å². The number of anilines is 1. The summed E-state index contributed by atoms with van der Waals surface area (Å²) in [5, 5.41) is 11.6. The van der Waals surface area contributed by atoms with Gasteiger partial charge in [0.05, 0.1) is 23.9 Å². The number of carboxylic acid groups (broad SMARTS) is 1. The van der Waals surface area contributed by atoms with Crippen molar-refractivity contribution in [2.45, 2.75) is 20.3 Å². The zero-order chi connectivity index (χ0) is 15.9. The van der Waals surface area contributed by atoms with E-state index in [1.54, 1.807) is 19.2 Å². The van der Waals surface area contributed by atoms with Crippen LogP contribution in [-0.2, 0) is 14.3 Å². The Hall–Kier alpha value is -2.15. The second kappa shape index (κ2) is 7.58. The Morgan fingerprint density at radius 3 is 2.57 bits per heavy atom. The molecule has 1 amide bonds. The van der Waals surface area contributed by atoms with Gasteiger partial charge in [0.15, 0.2) is 0 Å². The molecule has 0 bridgehead atoms. The number of amides is 1. The maximum atomic E-state index is 11.8. The molecule has 7 nitrogen and oxygen atoms in total. The van der Waals surface area contributed by atoms with Gasteiger partial charge in [0, 0.05) is 19.6 Å². The van der Waals surface area contributed by atoms with Crippen LogP contribution in [0.1, 0.15) is 20.3 Å². The summed E-state index contributed by atoms with van der Waals surface area (Å²) in [6.45, 7) is 3.85. The van der Waals surface area contributed by atoms with Gasteiger partial charge in [-0.25, -0.2) is 4.98 Å². The predicted molar refractivity (Wildman–Crippen MR) is 76.3 cm³/mol. The van der Waals surface area contributed by atoms with Gasteiger partial charge in [-0.15, -0.1) is 0 Å². The van der Waals surface area contributed by atoms with Gasteiger partial charge in [-0.05, 0) is 19.9 Å². The van der Waals surface area contributed by atoms with E-state index < -0.39 is 11.4 Å². The van der Waals surface area contributed by atoms with E-state index in [2.05, 4.69) is 10.3 Å². The van der Waals surface area contributed by atoms with E-state index in [0.29, 0.717) is 24.8 Å². The molecule has 0 unspecified atom stereocenters. The van der Waals surface area contributed by atoms with Crippen molar-refractivity contribution in [2.75, 3.05) is 25.6 Å². The summed E-state index contributed by atoms with van der Waals surface area (Å²) in [6.07, 6.45) is 1.34. The molecule has 2 N–H and O–H groups in total. The van der Waals surface area contributed by atoms with Crippen LogP contribution in [0.5, 0.6) is 5.88 Å². The van der Waals surface area contributed by atoms with Crippen molar-refractivity contribution in [2.24, 2.45) is 5.41 Å². The first-order chi connectivity index (χ1) is 9.85. The lowest BCUT2D eigenvalue weighted by Crippen LogP contribution is -2.29. The first kappa shape index (κ1) is 16.9. The zero-order valence-corrected chi connectivity index (χ0v) is 12.4. The van der Waals surface area contributed by atoms with Crippen molar-refractivity contribution in [1.29, 1.82) is 0 Å². The van der Waals surface area contributed by atoms with Crippen molar-refractivity contribution >= 4 is 17.6 Å². The standard InChI is InChI=1S/C14H20N2O5/c1-14(2,13(18)19)8-11(17)16-10-4-5-12(15-9-10)21-7-6-20-3/h4-5,9H,6-8H2,1-3H3,(H,16,17)(H,18,19). The summed E-state index contributed by atoms with van der Waals surface area (Å²) in [5.41, 5.74) is -0.624. The van der Waals surface area contributed by atoms with Gasteiger partial charge < -0.3 is 19.9 Å². The van der Waals surface area contributed by atoms with Crippen LogP contribution >= 0.6 is 0 Å². The van der Waals surface area contributed by atoms with Crippen LogP contribution in [0, 0.1) is 5.41 Å². The van der Waals surface area contributed by atoms with Gasteiger partial charge >= 0.3 is 5.97 Å². The second-order valence-electron chi connectivity index (χ2n) is 5.14. The van der Waals surface area contributed by atoms with Gasteiger partial charge in [0.25, 0.3) is 0 Å². The van der Waals surface area contributed by atoms with Gasteiger partial charge in [0.1, 0.15) is 6.61 Å². The maximum absolute atomic E-state index is 11.8. The van der Waals surface area contributed by atoms with E-state index >= 15 is 0 Å². The number of aliphatic carboxylic acids is 1. The fourth-order valence-electron chi connectivity index (χ4n) is 1.45. The molecule has 0 aliphatic heterocycles. The monoisotopic (exact) mass is 296 g/mol. The molecule has 1 rings (SSSR count). The molecule has 21 heavy (non-hydrogen) atoms. The van der Waals surface area contributed by atoms with Crippen LogP contribution in [0.3, 0.4) is 0 Å². The van der Waals surface area contributed by atoms with Gasteiger partial charge in [-0.2, -0.15) is 0 Å². The number of rotatable bonds is 8. The Balaban J connectivity index is 2.52. The first-order valence-electron chi connectivity index (χ1n) is 6.46. The number of nitrogens with one attached hydrogen (secondary N) is 1. The SMILES string of the molecule is COCCOc1ccc(NC(=O)CC(C)(C)C(=O)O)cn1. The largest absolute Gasteiger partial charge is 0.481 e. The third kappa shape index (κ3) is 5.78. The number of nitrogens with zero attached hydrogens (tertiary/aromatic N) is 1. The van der Waals surface area contributed by atoms with Crippen LogP contribution in [0.4, 0.5) is 5.69 Å². The average Bonchev–Trinajstić information content (AvgIpc) is 2.40. The Morgan fingerprint density at radius 1 is 1.33 bits per heavy atom. The Labute approximate surface area is 123 Å². The summed E-state index contributed by atoms with van der Waals surface area (Å²) in [5.74, 6) is -0.967. The molecule has 0 saturated carbocycles. The Bertz CT molecular complexity index is 485. The highest BCUT2D eigenvalue weighted by Gasteiger charge is 2.30.